The van der Waals surface area contributed by atoms with Gasteiger partial charge < -0.3 is 10.6 Å². The van der Waals surface area contributed by atoms with Crippen LogP contribution in [0.1, 0.15) is 29.5 Å². The molecule has 2 N–H and O–H groups in total. The monoisotopic (exact) mass is 525 g/mol. The van der Waals surface area contributed by atoms with Gasteiger partial charge in [0, 0.05) is 38.3 Å². The summed E-state index contributed by atoms with van der Waals surface area (Å²) in [6.07, 6.45) is 1.91. The van der Waals surface area contributed by atoms with Gasteiger partial charge in [-0.1, -0.05) is 18.2 Å². The Bertz CT molecular complexity index is 875. The number of benzene rings is 2. The molecule has 8 heteroatoms. The Balaban J connectivity index is 0.00000320. The van der Waals surface area contributed by atoms with Crippen molar-refractivity contribution in [3.63, 3.8) is 0 Å². The van der Waals surface area contributed by atoms with Crippen LogP contribution in [0, 0.1) is 23.0 Å². The number of aliphatic imine (C=N–C) groups is 1. The highest BCUT2D eigenvalue weighted by Crippen LogP contribution is 2.18. The minimum absolute atomic E-state index is 0. The number of nitrogens with zero attached hydrogens (tertiary/aromatic N) is 3. The fourth-order valence-electron chi connectivity index (χ4n) is 3.49. The third kappa shape index (κ3) is 6.64. The molecule has 1 heterocycles. The van der Waals surface area contributed by atoms with Crippen LogP contribution in [0.25, 0.3) is 0 Å². The predicted octanol–water partition coefficient (Wildman–Crippen LogP) is 3.78. The van der Waals surface area contributed by atoms with Crippen molar-refractivity contribution >= 4 is 29.9 Å². The Morgan fingerprint density at radius 3 is 2.53 bits per heavy atom. The molecule has 2 aromatic rings. The molecule has 0 radical (unpaired) electrons. The smallest absolute Gasteiger partial charge is 0.191 e. The zero-order valence-corrected chi connectivity index (χ0v) is 19.2. The first kappa shape index (κ1) is 24.0. The molecule has 1 saturated heterocycles. The second-order valence-corrected chi connectivity index (χ2v) is 7.15. The van der Waals surface area contributed by atoms with Gasteiger partial charge in [-0.3, -0.25) is 9.89 Å². The van der Waals surface area contributed by atoms with Crippen molar-refractivity contribution in [1.29, 1.82) is 5.26 Å². The van der Waals surface area contributed by atoms with E-state index in [2.05, 4.69) is 26.6 Å². The van der Waals surface area contributed by atoms with Crippen LogP contribution in [0.4, 0.5) is 8.78 Å². The van der Waals surface area contributed by atoms with E-state index < -0.39 is 11.6 Å². The van der Waals surface area contributed by atoms with Crippen LogP contribution in [0.3, 0.4) is 0 Å². The quantitative estimate of drug-likeness (QED) is 0.355. The highest BCUT2D eigenvalue weighted by molar-refractivity contribution is 14.0. The number of hydrogen-bond acceptors (Lipinski definition) is 3. The van der Waals surface area contributed by atoms with Gasteiger partial charge in [0.2, 0.25) is 0 Å². The van der Waals surface area contributed by atoms with E-state index in [1.807, 2.05) is 12.1 Å². The van der Waals surface area contributed by atoms with Gasteiger partial charge >= 0.3 is 0 Å². The molecule has 2 aromatic carbocycles. The van der Waals surface area contributed by atoms with E-state index in [0.29, 0.717) is 24.6 Å². The molecule has 0 spiro atoms. The van der Waals surface area contributed by atoms with Gasteiger partial charge in [-0.15, -0.1) is 24.0 Å². The van der Waals surface area contributed by atoms with Crippen LogP contribution in [0.2, 0.25) is 0 Å². The number of hydrogen-bond donors (Lipinski definition) is 2. The van der Waals surface area contributed by atoms with Crippen molar-refractivity contribution in [3.8, 4) is 6.07 Å². The normalized spacial score (nSPS) is 17.0. The molecule has 0 bridgehead atoms. The summed E-state index contributed by atoms with van der Waals surface area (Å²) < 4.78 is 27.9. The molecule has 0 amide bonds. The van der Waals surface area contributed by atoms with Gasteiger partial charge in [0.1, 0.15) is 11.6 Å². The summed E-state index contributed by atoms with van der Waals surface area (Å²) in [7, 11) is 1.71. The van der Waals surface area contributed by atoms with Gasteiger partial charge in [-0.2, -0.15) is 5.26 Å². The topological polar surface area (TPSA) is 63.5 Å². The molecule has 30 heavy (non-hydrogen) atoms. The molecule has 0 aliphatic carbocycles. The molecule has 5 nitrogen and oxygen atoms in total. The standard InChI is InChI=1S/C22H25F2N5.HI/c1-26-22(27-13-17-9-7-16(12-25)8-10-17)28-18-4-3-11-29(14-18)15-19-20(23)5-2-6-21(19)24;/h2,5-10,18H,3-4,11,13-15H2,1H3,(H2,26,27,28);1H. The lowest BCUT2D eigenvalue weighted by Crippen LogP contribution is -2.50. The molecule has 1 aliphatic rings. The number of piperidine rings is 1. The third-order valence-electron chi connectivity index (χ3n) is 5.06. The molecule has 1 fully saturated rings. The summed E-state index contributed by atoms with van der Waals surface area (Å²) in [4.78, 5) is 6.34. The summed E-state index contributed by atoms with van der Waals surface area (Å²) in [5.74, 6) is -0.321. The molecular formula is C22H26F2IN5. The van der Waals surface area contributed by atoms with E-state index in [1.54, 1.807) is 19.2 Å². The zero-order valence-electron chi connectivity index (χ0n) is 16.9. The lowest BCUT2D eigenvalue weighted by Gasteiger charge is -2.34. The van der Waals surface area contributed by atoms with E-state index in [9.17, 15) is 8.78 Å². The average molecular weight is 525 g/mol. The zero-order chi connectivity index (χ0) is 20.6. The summed E-state index contributed by atoms with van der Waals surface area (Å²) >= 11 is 0. The number of rotatable bonds is 5. The summed E-state index contributed by atoms with van der Waals surface area (Å²) in [5, 5.41) is 15.5. The maximum absolute atomic E-state index is 13.9. The van der Waals surface area contributed by atoms with Gasteiger partial charge in [0.15, 0.2) is 5.96 Å². The minimum Gasteiger partial charge on any atom is -0.352 e. The maximum atomic E-state index is 13.9. The molecule has 0 aromatic heterocycles. The van der Waals surface area contributed by atoms with Crippen molar-refractivity contribution in [1.82, 2.24) is 15.5 Å². The summed E-state index contributed by atoms with van der Waals surface area (Å²) in [6, 6.07) is 13.6. The summed E-state index contributed by atoms with van der Waals surface area (Å²) in [6.45, 7) is 2.34. The molecule has 0 saturated carbocycles. The fraction of sp³-hybridized carbons (Fsp3) is 0.364. The first-order valence-electron chi connectivity index (χ1n) is 9.70. The van der Waals surface area contributed by atoms with Crippen LogP contribution in [0.5, 0.6) is 0 Å². The van der Waals surface area contributed by atoms with Crippen LogP contribution >= 0.6 is 24.0 Å². The van der Waals surface area contributed by atoms with Crippen molar-refractivity contribution in [3.05, 3.63) is 70.8 Å². The Kier molecular flexibility index (Phi) is 9.46. The maximum Gasteiger partial charge on any atom is 0.191 e. The first-order valence-corrected chi connectivity index (χ1v) is 9.70. The number of nitriles is 1. The van der Waals surface area contributed by atoms with Crippen LogP contribution in [0.15, 0.2) is 47.5 Å². The van der Waals surface area contributed by atoms with Gasteiger partial charge in [-0.05, 0) is 49.2 Å². The highest BCUT2D eigenvalue weighted by Gasteiger charge is 2.22. The van der Waals surface area contributed by atoms with E-state index in [-0.39, 0.29) is 42.1 Å². The average Bonchev–Trinajstić information content (AvgIpc) is 2.74. The summed E-state index contributed by atoms with van der Waals surface area (Å²) in [5.41, 5.74) is 1.80. The second kappa shape index (κ2) is 11.8. The van der Waals surface area contributed by atoms with Gasteiger partial charge in [-0.25, -0.2) is 8.78 Å². The Morgan fingerprint density at radius 1 is 1.20 bits per heavy atom. The number of halogens is 3. The number of guanidine groups is 1. The largest absolute Gasteiger partial charge is 0.352 e. The van der Waals surface area contributed by atoms with E-state index in [0.717, 1.165) is 24.9 Å². The molecule has 1 atom stereocenters. The lowest BCUT2D eigenvalue weighted by atomic mass is 10.0. The van der Waals surface area contributed by atoms with Crippen molar-refractivity contribution < 1.29 is 8.78 Å². The Hall–Kier alpha value is -2.25. The van der Waals surface area contributed by atoms with Crippen LogP contribution in [-0.2, 0) is 13.1 Å². The Morgan fingerprint density at radius 2 is 1.90 bits per heavy atom. The number of likely N-dealkylation sites (tertiary alicyclic amines) is 1. The molecule has 160 valence electrons. The van der Waals surface area contributed by atoms with Crippen molar-refractivity contribution in [2.75, 3.05) is 20.1 Å². The predicted molar refractivity (Wildman–Crippen MR) is 125 cm³/mol. The Labute approximate surface area is 193 Å². The second-order valence-electron chi connectivity index (χ2n) is 7.15. The van der Waals surface area contributed by atoms with E-state index >= 15 is 0 Å². The van der Waals surface area contributed by atoms with Crippen molar-refractivity contribution in [2.24, 2.45) is 4.99 Å². The third-order valence-corrected chi connectivity index (χ3v) is 5.06. The molecule has 1 aliphatic heterocycles. The highest BCUT2D eigenvalue weighted by atomic mass is 127. The first-order chi connectivity index (χ1) is 14.1. The van der Waals surface area contributed by atoms with Crippen LogP contribution in [-0.4, -0.2) is 37.0 Å². The van der Waals surface area contributed by atoms with E-state index in [1.165, 1.54) is 18.2 Å². The number of nitrogens with one attached hydrogen (secondary N) is 2. The van der Waals surface area contributed by atoms with Crippen molar-refractivity contribution in [2.45, 2.75) is 32.0 Å². The molecular weight excluding hydrogens is 499 g/mol. The van der Waals surface area contributed by atoms with Gasteiger partial charge in [0.05, 0.1) is 11.6 Å². The molecule has 1 unspecified atom stereocenters. The van der Waals surface area contributed by atoms with Crippen LogP contribution < -0.4 is 10.6 Å². The molecule has 3 rings (SSSR count). The fourth-order valence-corrected chi connectivity index (χ4v) is 3.49. The SMILES string of the molecule is CN=C(NCc1ccc(C#N)cc1)NC1CCCN(Cc2c(F)cccc2F)C1.I. The minimum atomic E-state index is -0.500. The van der Waals surface area contributed by atoms with E-state index in [4.69, 9.17) is 5.26 Å². The lowest BCUT2D eigenvalue weighted by molar-refractivity contribution is 0.188. The van der Waals surface area contributed by atoms with Gasteiger partial charge in [0.25, 0.3) is 0 Å².